The lowest BCUT2D eigenvalue weighted by molar-refractivity contribution is 0.0696. The molecule has 0 aromatic heterocycles. The molecule has 2 aromatic carbocycles. The van der Waals surface area contributed by atoms with Crippen LogP contribution in [0.3, 0.4) is 0 Å². The largest absolute Gasteiger partial charge is 0.478 e. The highest BCUT2D eigenvalue weighted by Gasteiger charge is 2.08. The van der Waals surface area contributed by atoms with Gasteiger partial charge in [0, 0.05) is 9.79 Å². The van der Waals surface area contributed by atoms with Crippen molar-refractivity contribution in [2.45, 2.75) is 16.7 Å². The lowest BCUT2D eigenvalue weighted by Gasteiger charge is -2.05. The molecule has 2 aromatic rings. The van der Waals surface area contributed by atoms with E-state index in [2.05, 4.69) is 0 Å². The number of carboxylic acids is 1. The van der Waals surface area contributed by atoms with Gasteiger partial charge in [0.1, 0.15) is 0 Å². The first-order valence-corrected chi connectivity index (χ1v) is 6.05. The number of benzene rings is 2. The van der Waals surface area contributed by atoms with E-state index in [1.807, 2.05) is 42.5 Å². The Hall–Kier alpha value is -1.74. The number of carboxylic acid groups (broad SMARTS) is 1. The number of rotatable bonds is 3. The van der Waals surface area contributed by atoms with Gasteiger partial charge in [-0.2, -0.15) is 0 Å². The van der Waals surface area contributed by atoms with Crippen molar-refractivity contribution >= 4 is 17.7 Å². The normalized spacial score (nSPS) is 10.2. The maximum atomic E-state index is 11.0. The van der Waals surface area contributed by atoms with Crippen molar-refractivity contribution < 1.29 is 9.90 Å². The van der Waals surface area contributed by atoms with Gasteiger partial charge in [-0.25, -0.2) is 4.79 Å². The van der Waals surface area contributed by atoms with E-state index in [1.54, 1.807) is 24.8 Å². The number of hydrogen-bond donors (Lipinski definition) is 1. The highest BCUT2D eigenvalue weighted by molar-refractivity contribution is 7.99. The highest BCUT2D eigenvalue weighted by atomic mass is 32.2. The monoisotopic (exact) mass is 244 g/mol. The summed E-state index contributed by atoms with van der Waals surface area (Å²) < 4.78 is 0. The molecule has 0 heterocycles. The molecule has 1 N–H and O–H groups in total. The molecule has 0 radical (unpaired) electrons. The molecule has 86 valence electrons. The topological polar surface area (TPSA) is 37.3 Å². The van der Waals surface area contributed by atoms with Crippen molar-refractivity contribution in [3.05, 3.63) is 59.7 Å². The molecule has 0 aliphatic heterocycles. The summed E-state index contributed by atoms with van der Waals surface area (Å²) in [6, 6.07) is 15.4. The minimum Gasteiger partial charge on any atom is -0.478 e. The first kappa shape index (κ1) is 11.7. The van der Waals surface area contributed by atoms with Crippen LogP contribution in [0.2, 0.25) is 0 Å². The van der Waals surface area contributed by atoms with Crippen molar-refractivity contribution in [3.8, 4) is 0 Å². The van der Waals surface area contributed by atoms with Crippen molar-refractivity contribution in [1.29, 1.82) is 0 Å². The van der Waals surface area contributed by atoms with E-state index in [-0.39, 0.29) is 0 Å². The molecular formula is C14H12O2S. The average molecular weight is 244 g/mol. The lowest BCUT2D eigenvalue weighted by atomic mass is 10.1. The summed E-state index contributed by atoms with van der Waals surface area (Å²) in [5, 5.41) is 9.05. The van der Waals surface area contributed by atoms with Gasteiger partial charge in [0.15, 0.2) is 0 Å². The van der Waals surface area contributed by atoms with Crippen LogP contribution in [0.4, 0.5) is 0 Å². The van der Waals surface area contributed by atoms with E-state index in [9.17, 15) is 4.79 Å². The molecular weight excluding hydrogens is 232 g/mol. The molecule has 3 heteroatoms. The minimum absolute atomic E-state index is 0.367. The number of carbonyl (C=O) groups is 1. The fraction of sp³-hybridized carbons (Fsp3) is 0.0714. The summed E-state index contributed by atoms with van der Waals surface area (Å²) in [7, 11) is 0. The molecule has 2 nitrogen and oxygen atoms in total. The molecule has 0 spiro atoms. The molecule has 0 aliphatic carbocycles. The minimum atomic E-state index is -0.877. The fourth-order valence-corrected chi connectivity index (χ4v) is 2.40. The van der Waals surface area contributed by atoms with Crippen LogP contribution in [-0.4, -0.2) is 11.1 Å². The van der Waals surface area contributed by atoms with Crippen LogP contribution in [0.15, 0.2) is 58.3 Å². The van der Waals surface area contributed by atoms with Gasteiger partial charge >= 0.3 is 5.97 Å². The molecule has 17 heavy (non-hydrogen) atoms. The van der Waals surface area contributed by atoms with Gasteiger partial charge in [-0.3, -0.25) is 0 Å². The number of aromatic carboxylic acids is 1. The van der Waals surface area contributed by atoms with E-state index in [0.717, 1.165) is 15.4 Å². The summed E-state index contributed by atoms with van der Waals surface area (Å²) >= 11 is 1.56. The van der Waals surface area contributed by atoms with Crippen molar-refractivity contribution in [3.63, 3.8) is 0 Å². The summed E-state index contributed by atoms with van der Waals surface area (Å²) in [4.78, 5) is 13.1. The van der Waals surface area contributed by atoms with Crippen LogP contribution in [0, 0.1) is 6.92 Å². The first-order valence-electron chi connectivity index (χ1n) is 5.23. The first-order chi connectivity index (χ1) is 8.16. The second-order valence-electron chi connectivity index (χ2n) is 3.70. The molecule has 0 fully saturated rings. The molecule has 0 amide bonds. The Labute approximate surface area is 104 Å². The van der Waals surface area contributed by atoms with Gasteiger partial charge in [0.05, 0.1) is 5.56 Å². The molecule has 0 saturated heterocycles. The molecule has 0 unspecified atom stereocenters. The van der Waals surface area contributed by atoms with E-state index in [4.69, 9.17) is 5.11 Å². The van der Waals surface area contributed by atoms with Crippen LogP contribution < -0.4 is 0 Å². The molecule has 0 bridgehead atoms. The van der Waals surface area contributed by atoms with Crippen molar-refractivity contribution in [1.82, 2.24) is 0 Å². The summed E-state index contributed by atoms with van der Waals surface area (Å²) in [5.41, 5.74) is 1.15. The Morgan fingerprint density at radius 3 is 2.41 bits per heavy atom. The average Bonchev–Trinajstić information content (AvgIpc) is 2.32. The summed E-state index contributed by atoms with van der Waals surface area (Å²) in [6.45, 7) is 1.81. The van der Waals surface area contributed by atoms with E-state index in [0.29, 0.717) is 5.56 Å². The third-order valence-electron chi connectivity index (χ3n) is 2.42. The third-order valence-corrected chi connectivity index (χ3v) is 3.42. The number of aryl methyl sites for hydroxylation is 1. The second kappa shape index (κ2) is 5.06. The van der Waals surface area contributed by atoms with Crippen LogP contribution in [0.1, 0.15) is 15.9 Å². The SMILES string of the molecule is Cc1ccc(Sc2ccccc2)cc1C(=O)O. The van der Waals surface area contributed by atoms with Crippen LogP contribution in [-0.2, 0) is 0 Å². The van der Waals surface area contributed by atoms with Gasteiger partial charge in [0.25, 0.3) is 0 Å². The highest BCUT2D eigenvalue weighted by Crippen LogP contribution is 2.28. The Kier molecular flexibility index (Phi) is 3.49. The Bertz CT molecular complexity index is 535. The van der Waals surface area contributed by atoms with Crippen LogP contribution in [0.25, 0.3) is 0 Å². The maximum absolute atomic E-state index is 11.0. The predicted octanol–water partition coefficient (Wildman–Crippen LogP) is 3.84. The predicted molar refractivity (Wildman–Crippen MR) is 68.7 cm³/mol. The Morgan fingerprint density at radius 1 is 1.06 bits per heavy atom. The second-order valence-corrected chi connectivity index (χ2v) is 4.84. The maximum Gasteiger partial charge on any atom is 0.335 e. The third kappa shape index (κ3) is 2.88. The van der Waals surface area contributed by atoms with Gasteiger partial charge in [-0.1, -0.05) is 36.0 Å². The van der Waals surface area contributed by atoms with Gasteiger partial charge in [-0.15, -0.1) is 0 Å². The lowest BCUT2D eigenvalue weighted by Crippen LogP contribution is -1.99. The zero-order valence-electron chi connectivity index (χ0n) is 9.38. The number of hydrogen-bond acceptors (Lipinski definition) is 2. The Balaban J connectivity index is 2.29. The van der Waals surface area contributed by atoms with E-state index < -0.39 is 5.97 Å². The molecule has 0 atom stereocenters. The van der Waals surface area contributed by atoms with E-state index >= 15 is 0 Å². The molecule has 0 aliphatic rings. The molecule has 0 saturated carbocycles. The quantitative estimate of drug-likeness (QED) is 0.891. The standard InChI is InChI=1S/C14H12O2S/c1-10-7-8-12(9-13(10)14(15)16)17-11-5-3-2-4-6-11/h2-9H,1H3,(H,15,16). The van der Waals surface area contributed by atoms with Gasteiger partial charge in [0.2, 0.25) is 0 Å². The zero-order valence-corrected chi connectivity index (χ0v) is 10.2. The Morgan fingerprint density at radius 2 is 1.76 bits per heavy atom. The zero-order chi connectivity index (χ0) is 12.3. The fourth-order valence-electron chi connectivity index (χ4n) is 1.52. The smallest absolute Gasteiger partial charge is 0.335 e. The van der Waals surface area contributed by atoms with Gasteiger partial charge < -0.3 is 5.11 Å². The summed E-state index contributed by atoms with van der Waals surface area (Å²) in [6.07, 6.45) is 0. The van der Waals surface area contributed by atoms with Gasteiger partial charge in [-0.05, 0) is 36.8 Å². The van der Waals surface area contributed by atoms with E-state index in [1.165, 1.54) is 0 Å². The van der Waals surface area contributed by atoms with Crippen LogP contribution >= 0.6 is 11.8 Å². The molecule has 2 rings (SSSR count). The van der Waals surface area contributed by atoms with Crippen molar-refractivity contribution in [2.75, 3.05) is 0 Å². The van der Waals surface area contributed by atoms with Crippen molar-refractivity contribution in [2.24, 2.45) is 0 Å². The summed E-state index contributed by atoms with van der Waals surface area (Å²) in [5.74, 6) is -0.877. The van der Waals surface area contributed by atoms with Crippen LogP contribution in [0.5, 0.6) is 0 Å².